The molecule has 1 unspecified atom stereocenters. The van der Waals surface area contributed by atoms with E-state index in [1.807, 2.05) is 13.8 Å². The molecule has 2 aliphatic heterocycles. The maximum Gasteiger partial charge on any atom is 0.245 e. The van der Waals surface area contributed by atoms with Crippen LogP contribution in [0.2, 0.25) is 0 Å². The molecule has 2 aliphatic rings. The van der Waals surface area contributed by atoms with Gasteiger partial charge in [0.1, 0.15) is 12.6 Å². The van der Waals surface area contributed by atoms with E-state index in [1.54, 1.807) is 37.8 Å². The first-order chi connectivity index (χ1) is 12.0. The molecule has 136 valence electrons. The van der Waals surface area contributed by atoms with Crippen molar-refractivity contribution in [3.63, 3.8) is 0 Å². The molecule has 2 saturated heterocycles. The van der Waals surface area contributed by atoms with E-state index in [0.29, 0.717) is 38.5 Å². The maximum atomic E-state index is 12.7. The fraction of sp³-hybridized carbons (Fsp3) is 0.647. The van der Waals surface area contributed by atoms with Crippen LogP contribution < -0.4 is 0 Å². The summed E-state index contributed by atoms with van der Waals surface area (Å²) >= 11 is 0. The van der Waals surface area contributed by atoms with E-state index in [0.717, 1.165) is 0 Å². The highest BCUT2D eigenvalue weighted by atomic mass is 16.2. The van der Waals surface area contributed by atoms with Crippen LogP contribution in [0.4, 0.5) is 0 Å². The van der Waals surface area contributed by atoms with Gasteiger partial charge in [0, 0.05) is 38.6 Å². The number of rotatable bonds is 4. The number of aromatic nitrogens is 2. The molecule has 8 heteroatoms. The van der Waals surface area contributed by atoms with Gasteiger partial charge in [-0.3, -0.25) is 19.1 Å². The molecule has 0 saturated carbocycles. The first-order valence-corrected chi connectivity index (χ1v) is 8.79. The molecule has 0 spiro atoms. The van der Waals surface area contributed by atoms with Crippen molar-refractivity contribution in [3.8, 4) is 0 Å². The summed E-state index contributed by atoms with van der Waals surface area (Å²) in [5.74, 6) is 0.269. The lowest BCUT2D eigenvalue weighted by molar-refractivity contribution is -0.156. The van der Waals surface area contributed by atoms with E-state index < -0.39 is 6.04 Å². The number of fused-ring (bicyclic) bond motifs is 1. The largest absolute Gasteiger partial charge is 0.339 e. The van der Waals surface area contributed by atoms with Gasteiger partial charge in [-0.25, -0.2) is 0 Å². The first-order valence-electron chi connectivity index (χ1n) is 8.79. The molecule has 8 nitrogen and oxygen atoms in total. The van der Waals surface area contributed by atoms with Crippen LogP contribution >= 0.6 is 0 Å². The lowest BCUT2D eigenvalue weighted by Gasteiger charge is -2.39. The van der Waals surface area contributed by atoms with Crippen molar-refractivity contribution in [1.82, 2.24) is 24.5 Å². The molecule has 0 aliphatic carbocycles. The van der Waals surface area contributed by atoms with Gasteiger partial charge in [0.05, 0.1) is 6.54 Å². The van der Waals surface area contributed by atoms with E-state index in [2.05, 4.69) is 5.10 Å². The van der Waals surface area contributed by atoms with Gasteiger partial charge in [0.15, 0.2) is 0 Å². The molecule has 0 aromatic carbocycles. The molecule has 1 aromatic heterocycles. The van der Waals surface area contributed by atoms with E-state index in [-0.39, 0.29) is 30.8 Å². The fourth-order valence-electron chi connectivity index (χ4n) is 3.51. The summed E-state index contributed by atoms with van der Waals surface area (Å²) in [7, 11) is 0. The summed E-state index contributed by atoms with van der Waals surface area (Å²) in [5, 5.41) is 4.05. The number of piperazine rings is 1. The summed E-state index contributed by atoms with van der Waals surface area (Å²) in [4.78, 5) is 42.7. The van der Waals surface area contributed by atoms with E-state index >= 15 is 0 Å². The second-order valence-corrected chi connectivity index (χ2v) is 7.09. The first kappa shape index (κ1) is 17.4. The van der Waals surface area contributed by atoms with Crippen LogP contribution in [0, 0.1) is 5.92 Å². The molecule has 2 fully saturated rings. The Hall–Kier alpha value is -2.38. The third-order valence-electron chi connectivity index (χ3n) is 4.70. The standard InChI is InChI=1S/C17H25N5O3/c1-13(2)10-20-11-16(24)22-9-8-19(7-4-14(22)17(20)25)15(23)12-21-6-3-5-18-21/h3,5-6,13-14H,4,7-12H2,1-2H3. The SMILES string of the molecule is CC(C)CN1CC(=O)N2CCN(C(=O)Cn3cccn3)CCC2C1=O. The van der Waals surface area contributed by atoms with Crippen molar-refractivity contribution < 1.29 is 14.4 Å². The predicted octanol–water partition coefficient (Wildman–Crippen LogP) is -0.189. The fourth-order valence-corrected chi connectivity index (χ4v) is 3.51. The monoisotopic (exact) mass is 347 g/mol. The van der Waals surface area contributed by atoms with Crippen LogP contribution in [0.15, 0.2) is 18.5 Å². The summed E-state index contributed by atoms with van der Waals surface area (Å²) in [6.45, 7) is 6.34. The third kappa shape index (κ3) is 3.83. The van der Waals surface area contributed by atoms with Gasteiger partial charge in [0.25, 0.3) is 0 Å². The molecule has 0 N–H and O–H groups in total. The zero-order chi connectivity index (χ0) is 18.0. The topological polar surface area (TPSA) is 78.8 Å². The van der Waals surface area contributed by atoms with Crippen molar-refractivity contribution in [2.75, 3.05) is 32.7 Å². The number of carbonyl (C=O) groups is 3. The smallest absolute Gasteiger partial charge is 0.245 e. The van der Waals surface area contributed by atoms with Crippen molar-refractivity contribution in [3.05, 3.63) is 18.5 Å². The van der Waals surface area contributed by atoms with Crippen molar-refractivity contribution >= 4 is 17.7 Å². The maximum absolute atomic E-state index is 12.7. The number of carbonyl (C=O) groups excluding carboxylic acids is 3. The summed E-state index contributed by atoms with van der Waals surface area (Å²) < 4.78 is 1.58. The highest BCUT2D eigenvalue weighted by molar-refractivity contribution is 5.95. The van der Waals surface area contributed by atoms with Crippen LogP contribution in [0.3, 0.4) is 0 Å². The van der Waals surface area contributed by atoms with Gasteiger partial charge in [-0.1, -0.05) is 13.8 Å². The second-order valence-electron chi connectivity index (χ2n) is 7.09. The van der Waals surface area contributed by atoms with E-state index in [4.69, 9.17) is 0 Å². The number of hydrogen-bond donors (Lipinski definition) is 0. The highest BCUT2D eigenvalue weighted by Gasteiger charge is 2.41. The Morgan fingerprint density at radius 1 is 1.28 bits per heavy atom. The molecular weight excluding hydrogens is 322 g/mol. The van der Waals surface area contributed by atoms with Crippen LogP contribution in [0.1, 0.15) is 20.3 Å². The Bertz CT molecular complexity index is 643. The molecule has 3 rings (SSSR count). The molecule has 1 aromatic rings. The summed E-state index contributed by atoms with van der Waals surface area (Å²) in [6.07, 6.45) is 3.87. The van der Waals surface area contributed by atoms with Gasteiger partial charge in [-0.15, -0.1) is 0 Å². The Morgan fingerprint density at radius 3 is 2.76 bits per heavy atom. The molecule has 0 bridgehead atoms. The Balaban J connectivity index is 1.66. The molecule has 25 heavy (non-hydrogen) atoms. The lowest BCUT2D eigenvalue weighted by atomic mass is 10.1. The van der Waals surface area contributed by atoms with Crippen LogP contribution in [0.25, 0.3) is 0 Å². The Kier molecular flexibility index (Phi) is 5.06. The van der Waals surface area contributed by atoms with Gasteiger partial charge < -0.3 is 14.7 Å². The zero-order valence-corrected chi connectivity index (χ0v) is 14.8. The number of hydrogen-bond acceptors (Lipinski definition) is 4. The number of amides is 3. The Labute approximate surface area is 147 Å². The number of nitrogens with zero attached hydrogens (tertiary/aromatic N) is 5. The molecule has 1 atom stereocenters. The van der Waals surface area contributed by atoms with Crippen molar-refractivity contribution in [2.45, 2.75) is 32.9 Å². The molecule has 0 radical (unpaired) electrons. The van der Waals surface area contributed by atoms with E-state index in [1.165, 1.54) is 0 Å². The van der Waals surface area contributed by atoms with Gasteiger partial charge >= 0.3 is 0 Å². The summed E-state index contributed by atoms with van der Waals surface area (Å²) in [5.41, 5.74) is 0. The molecule has 3 heterocycles. The average Bonchev–Trinajstić information content (AvgIpc) is 2.94. The van der Waals surface area contributed by atoms with Crippen LogP contribution in [-0.4, -0.2) is 81.0 Å². The Morgan fingerprint density at radius 2 is 2.08 bits per heavy atom. The van der Waals surface area contributed by atoms with Crippen molar-refractivity contribution in [2.24, 2.45) is 5.92 Å². The van der Waals surface area contributed by atoms with Crippen molar-refractivity contribution in [1.29, 1.82) is 0 Å². The normalized spacial score (nSPS) is 21.6. The third-order valence-corrected chi connectivity index (χ3v) is 4.70. The average molecular weight is 347 g/mol. The quantitative estimate of drug-likeness (QED) is 0.756. The van der Waals surface area contributed by atoms with Gasteiger partial charge in [0.2, 0.25) is 17.7 Å². The molecule has 3 amide bonds. The highest BCUT2D eigenvalue weighted by Crippen LogP contribution is 2.20. The summed E-state index contributed by atoms with van der Waals surface area (Å²) in [6, 6.07) is 1.33. The zero-order valence-electron chi connectivity index (χ0n) is 14.8. The van der Waals surface area contributed by atoms with Gasteiger partial charge in [-0.05, 0) is 18.4 Å². The minimum Gasteiger partial charge on any atom is -0.339 e. The van der Waals surface area contributed by atoms with E-state index in [9.17, 15) is 14.4 Å². The molecular formula is C17H25N5O3. The predicted molar refractivity (Wildman–Crippen MR) is 90.3 cm³/mol. The van der Waals surface area contributed by atoms with Crippen LogP contribution in [-0.2, 0) is 20.9 Å². The van der Waals surface area contributed by atoms with Crippen LogP contribution in [0.5, 0.6) is 0 Å². The second kappa shape index (κ2) is 7.25. The lowest BCUT2D eigenvalue weighted by Crippen LogP contribution is -2.60. The minimum absolute atomic E-state index is 0.00896. The minimum atomic E-state index is -0.442. The van der Waals surface area contributed by atoms with Gasteiger partial charge in [-0.2, -0.15) is 5.10 Å².